The SMILES string of the molecule is COCCN(CC1CN(Cc2ccc(OC)cc2OC)CCO1)C(=O)c1cccc(F)c1. The monoisotopic (exact) mass is 446 g/mol. The fraction of sp³-hybridized carbons (Fsp3) is 0.458. The predicted molar refractivity (Wildman–Crippen MR) is 119 cm³/mol. The van der Waals surface area contributed by atoms with Gasteiger partial charge in [0, 0.05) is 57.0 Å². The zero-order valence-corrected chi connectivity index (χ0v) is 18.9. The molecule has 0 N–H and O–H groups in total. The number of nitrogens with zero attached hydrogens (tertiary/aromatic N) is 2. The van der Waals surface area contributed by atoms with Crippen LogP contribution in [0.1, 0.15) is 15.9 Å². The van der Waals surface area contributed by atoms with Crippen molar-refractivity contribution in [2.24, 2.45) is 0 Å². The Hall–Kier alpha value is -2.68. The first-order valence-electron chi connectivity index (χ1n) is 10.6. The van der Waals surface area contributed by atoms with Crippen LogP contribution >= 0.6 is 0 Å². The normalized spacial score (nSPS) is 16.6. The van der Waals surface area contributed by atoms with Crippen LogP contribution in [0.3, 0.4) is 0 Å². The Labute approximate surface area is 188 Å². The second kappa shape index (κ2) is 11.8. The number of amides is 1. The van der Waals surface area contributed by atoms with Crippen molar-refractivity contribution in [1.82, 2.24) is 9.80 Å². The molecule has 1 unspecified atom stereocenters. The Bertz CT molecular complexity index is 894. The van der Waals surface area contributed by atoms with Crippen molar-refractivity contribution in [3.8, 4) is 11.5 Å². The first-order valence-corrected chi connectivity index (χ1v) is 10.6. The summed E-state index contributed by atoms with van der Waals surface area (Å²) in [5.74, 6) is 0.848. The van der Waals surface area contributed by atoms with Crippen LogP contribution in [0.2, 0.25) is 0 Å². The van der Waals surface area contributed by atoms with Crippen LogP contribution in [0, 0.1) is 5.82 Å². The van der Waals surface area contributed by atoms with Crippen molar-refractivity contribution in [1.29, 1.82) is 0 Å². The van der Waals surface area contributed by atoms with Crippen LogP contribution in [-0.2, 0) is 16.0 Å². The highest BCUT2D eigenvalue weighted by Gasteiger charge is 2.26. The van der Waals surface area contributed by atoms with Crippen molar-refractivity contribution in [2.45, 2.75) is 12.6 Å². The Morgan fingerprint density at radius 2 is 2.03 bits per heavy atom. The molecule has 0 radical (unpaired) electrons. The Kier molecular flexibility index (Phi) is 8.84. The van der Waals surface area contributed by atoms with Gasteiger partial charge in [0.1, 0.15) is 17.3 Å². The summed E-state index contributed by atoms with van der Waals surface area (Å²) < 4.78 is 35.6. The Morgan fingerprint density at radius 1 is 1.19 bits per heavy atom. The van der Waals surface area contributed by atoms with Gasteiger partial charge in [0.15, 0.2) is 0 Å². The van der Waals surface area contributed by atoms with E-state index < -0.39 is 5.82 Å². The van der Waals surface area contributed by atoms with Gasteiger partial charge in [-0.05, 0) is 24.3 Å². The van der Waals surface area contributed by atoms with Gasteiger partial charge in [-0.15, -0.1) is 0 Å². The van der Waals surface area contributed by atoms with Crippen molar-refractivity contribution in [2.75, 3.05) is 60.7 Å². The van der Waals surface area contributed by atoms with E-state index in [1.54, 1.807) is 32.3 Å². The van der Waals surface area contributed by atoms with E-state index in [0.717, 1.165) is 23.6 Å². The maximum Gasteiger partial charge on any atom is 0.254 e. The molecule has 32 heavy (non-hydrogen) atoms. The number of hydrogen-bond acceptors (Lipinski definition) is 6. The molecule has 7 nitrogen and oxygen atoms in total. The molecule has 1 aliphatic rings. The first kappa shape index (κ1) is 24.0. The van der Waals surface area contributed by atoms with E-state index in [2.05, 4.69) is 4.90 Å². The van der Waals surface area contributed by atoms with Crippen molar-refractivity contribution < 1.29 is 28.1 Å². The number of ether oxygens (including phenoxy) is 4. The van der Waals surface area contributed by atoms with Gasteiger partial charge in [-0.25, -0.2) is 4.39 Å². The van der Waals surface area contributed by atoms with Crippen LogP contribution in [0.15, 0.2) is 42.5 Å². The van der Waals surface area contributed by atoms with Crippen LogP contribution < -0.4 is 9.47 Å². The van der Waals surface area contributed by atoms with E-state index in [1.165, 1.54) is 18.2 Å². The maximum atomic E-state index is 13.6. The van der Waals surface area contributed by atoms with Crippen molar-refractivity contribution >= 4 is 5.91 Å². The molecule has 0 aromatic heterocycles. The molecule has 8 heteroatoms. The third-order valence-corrected chi connectivity index (χ3v) is 5.46. The van der Waals surface area contributed by atoms with E-state index in [1.807, 2.05) is 18.2 Å². The van der Waals surface area contributed by atoms with E-state index in [0.29, 0.717) is 45.0 Å². The van der Waals surface area contributed by atoms with E-state index in [4.69, 9.17) is 18.9 Å². The fourth-order valence-corrected chi connectivity index (χ4v) is 3.78. The number of morpholine rings is 1. The number of rotatable bonds is 10. The zero-order chi connectivity index (χ0) is 22.9. The average molecular weight is 447 g/mol. The topological polar surface area (TPSA) is 60.5 Å². The van der Waals surface area contributed by atoms with Crippen LogP contribution in [0.5, 0.6) is 11.5 Å². The summed E-state index contributed by atoms with van der Waals surface area (Å²) in [4.78, 5) is 16.9. The summed E-state index contributed by atoms with van der Waals surface area (Å²) in [5, 5.41) is 0. The number of carbonyl (C=O) groups excluding carboxylic acids is 1. The third-order valence-electron chi connectivity index (χ3n) is 5.46. The second-order valence-electron chi connectivity index (χ2n) is 7.66. The third kappa shape index (κ3) is 6.41. The molecule has 2 aromatic carbocycles. The first-order chi connectivity index (χ1) is 15.5. The molecule has 3 rings (SSSR count). The molecule has 2 aromatic rings. The highest BCUT2D eigenvalue weighted by atomic mass is 19.1. The second-order valence-corrected chi connectivity index (χ2v) is 7.66. The summed E-state index contributed by atoms with van der Waals surface area (Å²) in [5.41, 5.74) is 1.37. The number of hydrogen-bond donors (Lipinski definition) is 0. The lowest BCUT2D eigenvalue weighted by Gasteiger charge is -2.36. The minimum atomic E-state index is -0.434. The fourth-order valence-electron chi connectivity index (χ4n) is 3.78. The minimum Gasteiger partial charge on any atom is -0.497 e. The van der Waals surface area contributed by atoms with Crippen molar-refractivity contribution in [3.05, 3.63) is 59.4 Å². The smallest absolute Gasteiger partial charge is 0.254 e. The molecule has 1 saturated heterocycles. The highest BCUT2D eigenvalue weighted by Crippen LogP contribution is 2.26. The molecule has 1 atom stereocenters. The minimum absolute atomic E-state index is 0.164. The number of methoxy groups -OCH3 is 3. The molecule has 0 aliphatic carbocycles. The molecule has 1 heterocycles. The van der Waals surface area contributed by atoms with Gasteiger partial charge in [-0.3, -0.25) is 9.69 Å². The molecule has 174 valence electrons. The lowest BCUT2D eigenvalue weighted by Crippen LogP contribution is -2.49. The van der Waals surface area contributed by atoms with Gasteiger partial charge in [-0.1, -0.05) is 12.1 Å². The summed E-state index contributed by atoms with van der Waals surface area (Å²) in [6, 6.07) is 11.5. The maximum absolute atomic E-state index is 13.6. The molecule has 1 aliphatic heterocycles. The van der Waals surface area contributed by atoms with Crippen molar-refractivity contribution in [3.63, 3.8) is 0 Å². The predicted octanol–water partition coefficient (Wildman–Crippen LogP) is 2.83. The summed E-state index contributed by atoms with van der Waals surface area (Å²) in [7, 11) is 4.86. The molecular weight excluding hydrogens is 415 g/mol. The molecule has 1 fully saturated rings. The van der Waals surface area contributed by atoms with Gasteiger partial charge in [0.2, 0.25) is 0 Å². The molecule has 0 bridgehead atoms. The highest BCUT2D eigenvalue weighted by molar-refractivity contribution is 5.94. The van der Waals surface area contributed by atoms with Gasteiger partial charge in [-0.2, -0.15) is 0 Å². The number of benzene rings is 2. The van der Waals surface area contributed by atoms with E-state index in [-0.39, 0.29) is 12.0 Å². The standard InChI is InChI=1S/C24H31FN2O5/c1-29-11-10-27(24(28)18-5-4-6-20(25)13-18)17-22-16-26(9-12-32-22)15-19-7-8-21(30-2)14-23(19)31-3/h4-8,13-14,22H,9-12,15-17H2,1-3H3. The van der Waals surface area contributed by atoms with E-state index >= 15 is 0 Å². The van der Waals surface area contributed by atoms with Gasteiger partial charge in [0.25, 0.3) is 5.91 Å². The van der Waals surface area contributed by atoms with Gasteiger partial charge in [0.05, 0.1) is 33.5 Å². The average Bonchev–Trinajstić information content (AvgIpc) is 2.81. The molecule has 0 spiro atoms. The Balaban J connectivity index is 1.66. The summed E-state index contributed by atoms with van der Waals surface area (Å²) in [6.07, 6.45) is -0.164. The molecule has 0 saturated carbocycles. The molecular formula is C24H31FN2O5. The Morgan fingerprint density at radius 3 is 2.75 bits per heavy atom. The van der Waals surface area contributed by atoms with Gasteiger partial charge >= 0.3 is 0 Å². The van der Waals surface area contributed by atoms with Crippen LogP contribution in [0.25, 0.3) is 0 Å². The lowest BCUT2D eigenvalue weighted by molar-refractivity contribution is -0.0445. The van der Waals surface area contributed by atoms with Gasteiger partial charge < -0.3 is 23.8 Å². The summed E-state index contributed by atoms with van der Waals surface area (Å²) >= 11 is 0. The quantitative estimate of drug-likeness (QED) is 0.560. The van der Waals surface area contributed by atoms with E-state index in [9.17, 15) is 9.18 Å². The summed E-state index contributed by atoms with van der Waals surface area (Å²) in [6.45, 7) is 3.89. The number of carbonyl (C=O) groups is 1. The zero-order valence-electron chi connectivity index (χ0n) is 18.9. The lowest BCUT2D eigenvalue weighted by atomic mass is 10.1. The van der Waals surface area contributed by atoms with Crippen LogP contribution in [0.4, 0.5) is 4.39 Å². The largest absolute Gasteiger partial charge is 0.497 e. The number of halogens is 1. The molecule has 1 amide bonds. The van der Waals surface area contributed by atoms with Crippen LogP contribution in [-0.4, -0.2) is 82.5 Å².